The highest BCUT2D eigenvalue weighted by Gasteiger charge is 2.37. The van der Waals surface area contributed by atoms with E-state index >= 15 is 0 Å². The number of carbonyl (C=O) groups excluding carboxylic acids is 1. The Kier molecular flexibility index (Phi) is 2.18. The van der Waals surface area contributed by atoms with Gasteiger partial charge in [0.1, 0.15) is 0 Å². The largest absolute Gasteiger partial charge is 0.465 e. The van der Waals surface area contributed by atoms with Crippen LogP contribution in [0, 0.1) is 5.41 Å². The topological polar surface area (TPSA) is 29.5 Å². The van der Waals surface area contributed by atoms with Crippen LogP contribution in [0.15, 0.2) is 0 Å². The highest BCUT2D eigenvalue weighted by Crippen LogP contribution is 2.28. The van der Waals surface area contributed by atoms with E-state index in [1.165, 1.54) is 6.92 Å². The summed E-state index contributed by atoms with van der Waals surface area (Å²) >= 11 is 0. The van der Waals surface area contributed by atoms with Gasteiger partial charge in [0.25, 0.3) is 0 Å². The Morgan fingerprint density at radius 2 is 2.18 bits per heavy atom. The Morgan fingerprint density at radius 1 is 1.64 bits per heavy atom. The fourth-order valence-corrected chi connectivity index (χ4v) is 1.62. The summed E-state index contributed by atoms with van der Waals surface area (Å²) < 4.78 is 4.93. The Balaban J connectivity index is 2.21. The second kappa shape index (κ2) is 2.81. The predicted molar refractivity (Wildman–Crippen MR) is 42.2 cm³/mol. The van der Waals surface area contributed by atoms with Crippen molar-refractivity contribution in [3.63, 3.8) is 0 Å². The molecule has 0 radical (unpaired) electrons. The molecule has 0 unspecified atom stereocenters. The molecule has 1 aliphatic heterocycles. The summed E-state index contributed by atoms with van der Waals surface area (Å²) in [5.41, 5.74) is 0.209. The first-order valence-corrected chi connectivity index (χ1v) is 3.84. The van der Waals surface area contributed by atoms with Crippen LogP contribution in [-0.2, 0) is 9.53 Å². The minimum atomic E-state index is -0.180. The van der Waals surface area contributed by atoms with Crippen molar-refractivity contribution >= 4 is 5.97 Å². The van der Waals surface area contributed by atoms with Crippen LogP contribution in [0.4, 0.5) is 0 Å². The number of esters is 1. The number of hydrogen-bond donors (Lipinski definition) is 0. The van der Waals surface area contributed by atoms with E-state index in [0.717, 1.165) is 13.1 Å². The van der Waals surface area contributed by atoms with E-state index < -0.39 is 0 Å². The number of rotatable bonds is 2. The van der Waals surface area contributed by atoms with Crippen LogP contribution in [0.2, 0.25) is 0 Å². The Morgan fingerprint density at radius 3 is 2.55 bits per heavy atom. The molecule has 0 aromatic heterocycles. The minimum Gasteiger partial charge on any atom is -0.465 e. The standard InChI is InChI=1S/C8H15NO2/c1-7(10)11-6-8(2)4-9(3)5-8/h4-6H2,1-3H3. The first-order chi connectivity index (χ1) is 5.02. The number of hydrogen-bond acceptors (Lipinski definition) is 3. The van der Waals surface area contributed by atoms with Crippen molar-refractivity contribution in [2.75, 3.05) is 26.7 Å². The quantitative estimate of drug-likeness (QED) is 0.547. The van der Waals surface area contributed by atoms with Gasteiger partial charge in [0.15, 0.2) is 0 Å². The lowest BCUT2D eigenvalue weighted by Gasteiger charge is -2.45. The van der Waals surface area contributed by atoms with Crippen molar-refractivity contribution in [2.24, 2.45) is 5.41 Å². The summed E-state index contributed by atoms with van der Waals surface area (Å²) in [7, 11) is 2.06. The molecular weight excluding hydrogens is 142 g/mol. The lowest BCUT2D eigenvalue weighted by atomic mass is 9.83. The number of likely N-dealkylation sites (tertiary alicyclic amines) is 1. The van der Waals surface area contributed by atoms with Gasteiger partial charge in [-0.2, -0.15) is 0 Å². The average molecular weight is 157 g/mol. The number of ether oxygens (including phenoxy) is 1. The third-order valence-corrected chi connectivity index (χ3v) is 1.93. The molecule has 0 bridgehead atoms. The molecule has 11 heavy (non-hydrogen) atoms. The van der Waals surface area contributed by atoms with Gasteiger partial charge in [0.2, 0.25) is 0 Å². The molecule has 0 aromatic rings. The summed E-state index contributed by atoms with van der Waals surface area (Å²) in [5.74, 6) is -0.180. The fraction of sp³-hybridized carbons (Fsp3) is 0.875. The second-order valence-corrected chi connectivity index (χ2v) is 3.76. The smallest absolute Gasteiger partial charge is 0.302 e. The van der Waals surface area contributed by atoms with Crippen molar-refractivity contribution in [1.29, 1.82) is 0 Å². The van der Waals surface area contributed by atoms with Gasteiger partial charge in [0, 0.05) is 25.4 Å². The Labute approximate surface area is 67.3 Å². The molecule has 0 aliphatic carbocycles. The van der Waals surface area contributed by atoms with E-state index in [0.29, 0.717) is 6.61 Å². The summed E-state index contributed by atoms with van der Waals surface area (Å²) in [6.07, 6.45) is 0. The van der Waals surface area contributed by atoms with Crippen molar-refractivity contribution in [3.05, 3.63) is 0 Å². The van der Waals surface area contributed by atoms with Gasteiger partial charge in [-0.3, -0.25) is 4.79 Å². The van der Waals surface area contributed by atoms with Gasteiger partial charge in [-0.1, -0.05) is 6.92 Å². The maximum absolute atomic E-state index is 10.5. The molecule has 0 aromatic carbocycles. The zero-order valence-corrected chi connectivity index (χ0v) is 7.39. The van der Waals surface area contributed by atoms with Gasteiger partial charge < -0.3 is 9.64 Å². The molecule has 64 valence electrons. The molecule has 1 rings (SSSR count). The number of carbonyl (C=O) groups is 1. The molecule has 0 saturated carbocycles. The van der Waals surface area contributed by atoms with Gasteiger partial charge in [-0.05, 0) is 7.05 Å². The zero-order chi connectivity index (χ0) is 8.48. The zero-order valence-electron chi connectivity index (χ0n) is 7.39. The van der Waals surface area contributed by atoms with Gasteiger partial charge in [-0.25, -0.2) is 0 Å². The van der Waals surface area contributed by atoms with Crippen molar-refractivity contribution in [3.8, 4) is 0 Å². The maximum Gasteiger partial charge on any atom is 0.302 e. The first kappa shape index (κ1) is 8.53. The van der Waals surface area contributed by atoms with E-state index in [1.807, 2.05) is 0 Å². The molecule has 1 fully saturated rings. The lowest BCUT2D eigenvalue weighted by Crippen LogP contribution is -2.54. The van der Waals surface area contributed by atoms with Crippen LogP contribution >= 0.6 is 0 Å². The SMILES string of the molecule is CC(=O)OCC1(C)CN(C)C1. The van der Waals surface area contributed by atoms with E-state index in [1.54, 1.807) is 0 Å². The van der Waals surface area contributed by atoms with Crippen molar-refractivity contribution in [1.82, 2.24) is 4.90 Å². The van der Waals surface area contributed by atoms with Crippen LogP contribution in [0.1, 0.15) is 13.8 Å². The monoisotopic (exact) mass is 157 g/mol. The van der Waals surface area contributed by atoms with Gasteiger partial charge in [-0.15, -0.1) is 0 Å². The molecular formula is C8H15NO2. The van der Waals surface area contributed by atoms with Crippen LogP contribution in [0.5, 0.6) is 0 Å². The average Bonchev–Trinajstić information content (AvgIpc) is 1.81. The van der Waals surface area contributed by atoms with Crippen LogP contribution in [0.25, 0.3) is 0 Å². The molecule has 1 aliphatic rings. The van der Waals surface area contributed by atoms with Crippen LogP contribution in [-0.4, -0.2) is 37.6 Å². The number of nitrogens with zero attached hydrogens (tertiary/aromatic N) is 1. The predicted octanol–water partition coefficient (Wildman–Crippen LogP) is 0.501. The fourth-order valence-electron chi connectivity index (χ4n) is 1.62. The molecule has 1 saturated heterocycles. The summed E-state index contributed by atoms with van der Waals surface area (Å²) in [6, 6.07) is 0. The molecule has 0 spiro atoms. The van der Waals surface area contributed by atoms with E-state index in [4.69, 9.17) is 4.74 Å². The Hall–Kier alpha value is -0.570. The molecule has 3 nitrogen and oxygen atoms in total. The summed E-state index contributed by atoms with van der Waals surface area (Å²) in [5, 5.41) is 0. The third kappa shape index (κ3) is 2.19. The third-order valence-electron chi connectivity index (χ3n) is 1.93. The highest BCUT2D eigenvalue weighted by molar-refractivity contribution is 5.65. The highest BCUT2D eigenvalue weighted by atomic mass is 16.5. The van der Waals surface area contributed by atoms with E-state index in [2.05, 4.69) is 18.9 Å². The van der Waals surface area contributed by atoms with Gasteiger partial charge >= 0.3 is 5.97 Å². The Bertz CT molecular complexity index is 161. The molecule has 0 atom stereocenters. The van der Waals surface area contributed by atoms with Crippen LogP contribution in [0.3, 0.4) is 0 Å². The maximum atomic E-state index is 10.5. The molecule has 0 amide bonds. The van der Waals surface area contributed by atoms with Gasteiger partial charge in [0.05, 0.1) is 6.61 Å². The summed E-state index contributed by atoms with van der Waals surface area (Å²) in [4.78, 5) is 12.7. The molecule has 1 heterocycles. The van der Waals surface area contributed by atoms with E-state index in [9.17, 15) is 4.79 Å². The first-order valence-electron chi connectivity index (χ1n) is 3.84. The van der Waals surface area contributed by atoms with Crippen molar-refractivity contribution in [2.45, 2.75) is 13.8 Å². The molecule has 3 heteroatoms. The minimum absolute atomic E-state index is 0.180. The normalized spacial score (nSPS) is 22.5. The summed E-state index contributed by atoms with van der Waals surface area (Å²) in [6.45, 7) is 6.20. The van der Waals surface area contributed by atoms with E-state index in [-0.39, 0.29) is 11.4 Å². The molecule has 0 N–H and O–H groups in total. The lowest BCUT2D eigenvalue weighted by molar-refractivity contribution is -0.148. The van der Waals surface area contributed by atoms with Crippen molar-refractivity contribution < 1.29 is 9.53 Å². The second-order valence-electron chi connectivity index (χ2n) is 3.76. The van der Waals surface area contributed by atoms with Crippen LogP contribution < -0.4 is 0 Å².